The molecule has 0 saturated carbocycles. The summed E-state index contributed by atoms with van der Waals surface area (Å²) in [5, 5.41) is 4.32. The van der Waals surface area contributed by atoms with Crippen LogP contribution in [0.15, 0.2) is 221 Å². The lowest BCUT2D eigenvalue weighted by Gasteiger charge is -2.23. The van der Waals surface area contributed by atoms with Crippen LogP contribution in [0.25, 0.3) is 56.3 Å². The van der Waals surface area contributed by atoms with Gasteiger partial charge >= 0.3 is 0 Å². The first-order chi connectivity index (χ1) is 48.3. The number of benzene rings is 7. The van der Waals surface area contributed by atoms with Gasteiger partial charge in [0.25, 0.3) is 30.4 Å². The maximum Gasteiger partial charge on any atom is 0.294 e. The molecule has 0 amide bonds. The molecule has 0 fully saturated rings. The van der Waals surface area contributed by atoms with Gasteiger partial charge in [-0.05, 0) is 179 Å². The molecule has 102 heavy (non-hydrogen) atoms. The van der Waals surface area contributed by atoms with E-state index in [0.29, 0.717) is 55.9 Å². The van der Waals surface area contributed by atoms with Gasteiger partial charge in [0, 0.05) is 66.4 Å². The number of aromatic nitrogens is 2. The fourth-order valence-electron chi connectivity index (χ4n) is 12.1. The number of anilines is 3. The summed E-state index contributed by atoms with van der Waals surface area (Å²) in [7, 11) is -12.3. The van der Waals surface area contributed by atoms with Crippen LogP contribution in [0.1, 0.15) is 96.4 Å². The monoisotopic (exact) mass is 1520 g/mol. The van der Waals surface area contributed by atoms with Gasteiger partial charge < -0.3 is 28.4 Å². The van der Waals surface area contributed by atoms with Crippen molar-refractivity contribution in [1.82, 2.24) is 4.57 Å². The Kier molecular flexibility index (Phi) is 27.9. The summed E-state index contributed by atoms with van der Waals surface area (Å²) in [6.07, 6.45) is 16.6. The summed E-state index contributed by atoms with van der Waals surface area (Å²) in [4.78, 5) is 6.37. The number of hydrogen-bond acceptors (Lipinski definition) is 11. The van der Waals surface area contributed by atoms with E-state index in [1.807, 2.05) is 170 Å². The second-order valence-electron chi connectivity index (χ2n) is 23.8. The Morgan fingerprint density at radius 1 is 0.569 bits per heavy atom. The van der Waals surface area contributed by atoms with Crippen LogP contribution in [0.2, 0.25) is 20.1 Å². The second kappa shape index (κ2) is 35.8. The number of hydrogen-bond donors (Lipinski definition) is 3. The van der Waals surface area contributed by atoms with E-state index in [-0.39, 0.29) is 37.5 Å². The average Bonchev–Trinajstić information content (AvgIpc) is 1.63. The molecule has 2 aliphatic rings. The molecule has 0 aliphatic carbocycles. The maximum absolute atomic E-state index is 11.6. The van der Waals surface area contributed by atoms with Crippen LogP contribution in [0.3, 0.4) is 0 Å². The molecule has 3 aromatic heterocycles. The molecule has 23 heteroatoms. The maximum atomic E-state index is 11.6. The van der Waals surface area contributed by atoms with Crippen LogP contribution in [-0.4, -0.2) is 74.6 Å². The third-order valence-corrected chi connectivity index (χ3v) is 21.0. The van der Waals surface area contributed by atoms with Crippen molar-refractivity contribution in [2.75, 3.05) is 45.8 Å². The lowest BCUT2D eigenvalue weighted by molar-refractivity contribution is -0.693. The summed E-state index contributed by atoms with van der Waals surface area (Å²) in [5.74, 6) is 2.03. The van der Waals surface area contributed by atoms with Gasteiger partial charge in [-0.3, -0.25) is 13.7 Å². The molecular weight excluding hydrogens is 1430 g/mol. The van der Waals surface area contributed by atoms with Gasteiger partial charge in [0.2, 0.25) is 5.88 Å². The molecule has 0 spiro atoms. The predicted octanol–water partition coefficient (Wildman–Crippen LogP) is 20.3. The third kappa shape index (κ3) is 20.2. The molecule has 538 valence electrons. The van der Waals surface area contributed by atoms with Gasteiger partial charge in [-0.2, -0.15) is 25.3 Å². The lowest BCUT2D eigenvalue weighted by atomic mass is 9.99. The Bertz CT molecular complexity index is 4960. The van der Waals surface area contributed by atoms with Gasteiger partial charge in [0.05, 0.1) is 59.1 Å². The molecule has 0 unspecified atom stereocenters. The van der Waals surface area contributed by atoms with E-state index in [1.165, 1.54) is 23.4 Å². The number of rotatable bonds is 21. The minimum atomic E-state index is -4.15. The van der Waals surface area contributed by atoms with Gasteiger partial charge in [-0.15, -0.1) is 0 Å². The largest absolute Gasteiger partial charge is 0.456 e. The standard InChI is InChI=1S/C38H37NO8S2.C26H27Cl4N3.C7H10N.C7H8O3S.CH4/c1-2-27(23-37-32(15-9-21-48(40,41)42)33-25-30(16-18-35(33)46-37)28-11-5-3-6-12-28)24-38-39(20-10-22-49(43,44)45)34-26-31(17-19-36(34)47-38)29-13-7-4-8-14-29;1-5-16-17-12-18(27)19(28)13-23(17)31(6-2)22(16)10-9-11-26-32(7-3)24-14-20(29)21(30)15-25(24)33(26)8-4;1-2-8-6-4-3-5-7-8;1-6-2-4-7(5-3-6)11(8,9)10;/h3-8,11-14,16-19,23-26H,2,9-10,15,20-22H2,1H3,(H,40,41,42)(H,43,44,45);9-15H,5-8H2,1-4H3;3-7H,2H2,1H3;2-5H,1H3,(H,8,9,10);1H4/q;;+1;;/b27-23-,38-24-;10-9+;;;. The summed E-state index contributed by atoms with van der Waals surface area (Å²) < 4.78 is 112. The van der Waals surface area contributed by atoms with E-state index < -0.39 is 36.1 Å². The van der Waals surface area contributed by atoms with Crippen molar-refractivity contribution in [1.29, 1.82) is 0 Å². The highest BCUT2D eigenvalue weighted by molar-refractivity contribution is 7.86. The van der Waals surface area contributed by atoms with Crippen molar-refractivity contribution in [3.8, 4) is 28.0 Å². The van der Waals surface area contributed by atoms with E-state index in [9.17, 15) is 34.4 Å². The highest BCUT2D eigenvalue weighted by Crippen LogP contribution is 2.46. The summed E-state index contributed by atoms with van der Waals surface area (Å²) in [6.45, 7) is 18.4. The number of halogens is 4. The van der Waals surface area contributed by atoms with E-state index in [0.717, 1.165) is 111 Å². The molecule has 0 atom stereocenters. The van der Waals surface area contributed by atoms with Crippen LogP contribution in [0, 0.1) is 6.92 Å². The zero-order valence-corrected chi connectivity index (χ0v) is 62.7. The van der Waals surface area contributed by atoms with Crippen LogP contribution in [-0.2, 0) is 56.3 Å². The minimum absolute atomic E-state index is 0. The Morgan fingerprint density at radius 3 is 1.67 bits per heavy atom. The highest BCUT2D eigenvalue weighted by atomic mass is 35.5. The molecule has 10 aromatic rings. The van der Waals surface area contributed by atoms with Crippen molar-refractivity contribution in [3.63, 3.8) is 0 Å². The number of pyridine rings is 1. The number of allylic oxidation sites excluding steroid dienone is 4. The number of aryl methyl sites for hydroxylation is 5. The highest BCUT2D eigenvalue weighted by Gasteiger charge is 2.31. The normalized spacial score (nSPS) is 13.3. The molecular formula is C79H86Cl4N5O11S3+. The van der Waals surface area contributed by atoms with Crippen molar-refractivity contribution < 1.29 is 52.6 Å². The first-order valence-corrected chi connectivity index (χ1v) is 39.4. The van der Waals surface area contributed by atoms with E-state index in [1.54, 1.807) is 12.1 Å². The van der Waals surface area contributed by atoms with Crippen molar-refractivity contribution in [2.24, 2.45) is 0 Å². The van der Waals surface area contributed by atoms with Crippen molar-refractivity contribution in [3.05, 3.63) is 260 Å². The number of ether oxygens (including phenoxy) is 1. The number of nitrogens with zero attached hydrogens (tertiary/aromatic N) is 5. The zero-order valence-electron chi connectivity index (χ0n) is 57.2. The smallest absolute Gasteiger partial charge is 0.294 e. The zero-order chi connectivity index (χ0) is 72.8. The van der Waals surface area contributed by atoms with Crippen molar-refractivity contribution in [2.45, 2.75) is 106 Å². The van der Waals surface area contributed by atoms with E-state index in [4.69, 9.17) is 60.1 Å². The Morgan fingerprint density at radius 2 is 1.13 bits per heavy atom. The fraction of sp³-hybridized carbons (Fsp3) is 0.253. The molecule has 5 heterocycles. The van der Waals surface area contributed by atoms with Crippen molar-refractivity contribution >= 4 is 128 Å². The molecule has 0 bridgehead atoms. The topological polar surface area (TPSA) is 204 Å². The van der Waals surface area contributed by atoms with Gasteiger partial charge in [-0.25, -0.2) is 4.57 Å². The second-order valence-corrected chi connectivity index (χ2v) is 30.0. The molecule has 0 radical (unpaired) electrons. The van der Waals surface area contributed by atoms with Crippen LogP contribution in [0.5, 0.6) is 5.75 Å². The van der Waals surface area contributed by atoms with Crippen LogP contribution < -0.4 is 24.0 Å². The first-order valence-electron chi connectivity index (χ1n) is 33.3. The summed E-state index contributed by atoms with van der Waals surface area (Å²) >= 11 is 25.3. The third-order valence-electron chi connectivity index (χ3n) is 17.1. The van der Waals surface area contributed by atoms with Gasteiger partial charge in [0.1, 0.15) is 23.7 Å². The van der Waals surface area contributed by atoms with E-state index in [2.05, 4.69) is 84.2 Å². The Hall–Kier alpha value is -8.18. The van der Waals surface area contributed by atoms with E-state index >= 15 is 0 Å². The SMILES string of the molecule is C.CCC(=C/c1oc2ccc(-c3ccccc3)cc2c1CCCS(=O)(=O)O)/C=C1\Oc2ccc(-c3ccccc3)cc2N1CCCS(=O)(=O)O.CC[n+]1ccccc1.CCc1c(/C=C/C=C2N(CC)c3cc(Cl)c(Cl)cc3N2CC)n(CC)c2cc(Cl)c(Cl)cc12.Cc1ccc(S(=O)(=O)O)cc1. The molecule has 3 N–H and O–H groups in total. The molecule has 7 aromatic carbocycles. The minimum Gasteiger partial charge on any atom is -0.456 e. The van der Waals surface area contributed by atoms with Crippen LogP contribution in [0.4, 0.5) is 17.1 Å². The summed E-state index contributed by atoms with van der Waals surface area (Å²) in [6, 6.07) is 51.5. The number of fused-ring (bicyclic) bond motifs is 4. The van der Waals surface area contributed by atoms with Crippen LogP contribution >= 0.6 is 46.4 Å². The fourth-order valence-corrected chi connectivity index (χ4v) is 14.2. The van der Waals surface area contributed by atoms with Gasteiger partial charge in [-0.1, -0.05) is 170 Å². The molecule has 2 aliphatic heterocycles. The number of furan rings is 1. The predicted molar refractivity (Wildman–Crippen MR) is 420 cm³/mol. The Labute approximate surface area is 620 Å². The molecule has 16 nitrogen and oxygen atoms in total. The first kappa shape index (κ1) is 79.5. The van der Waals surface area contributed by atoms with Gasteiger partial charge in [0.15, 0.2) is 18.1 Å². The lowest BCUT2D eigenvalue weighted by Crippen LogP contribution is -2.30. The Balaban J connectivity index is 0.000000212. The molecule has 0 saturated heterocycles. The summed E-state index contributed by atoms with van der Waals surface area (Å²) in [5.41, 5.74) is 13.8. The average molecular weight is 1520 g/mol. The quantitative estimate of drug-likeness (QED) is 0.0452. The molecule has 12 rings (SSSR count).